The van der Waals surface area contributed by atoms with Crippen molar-refractivity contribution in [3.63, 3.8) is 0 Å². The summed E-state index contributed by atoms with van der Waals surface area (Å²) in [5.74, 6) is 0. The Labute approximate surface area is 155 Å². The monoisotopic (exact) mass is 336 g/mol. The van der Waals surface area contributed by atoms with Crippen LogP contribution < -0.4 is 0 Å². The van der Waals surface area contributed by atoms with Gasteiger partial charge in [0.05, 0.1) is 0 Å². The maximum absolute atomic E-state index is 2.40. The molecule has 0 atom stereocenters. The van der Waals surface area contributed by atoms with E-state index in [0.717, 1.165) is 0 Å². The highest BCUT2D eigenvalue weighted by atomic mass is 14.0. The number of benzene rings is 2. The average Bonchev–Trinajstić information content (AvgIpc) is 2.65. The van der Waals surface area contributed by atoms with Crippen LogP contribution in [0.1, 0.15) is 83.1 Å². The Morgan fingerprint density at radius 3 is 2.08 bits per heavy atom. The predicted octanol–water partition coefficient (Wildman–Crippen LogP) is 8.25. The summed E-state index contributed by atoms with van der Waals surface area (Å²) in [4.78, 5) is 0. The molecule has 2 rings (SSSR count). The van der Waals surface area contributed by atoms with Gasteiger partial charge in [-0.3, -0.25) is 0 Å². The largest absolute Gasteiger partial charge is 0.0885 e. The van der Waals surface area contributed by atoms with Crippen molar-refractivity contribution in [2.75, 3.05) is 0 Å². The summed E-state index contributed by atoms with van der Waals surface area (Å²) in [5, 5.41) is 2.79. The molecule has 0 heterocycles. The Balaban J connectivity index is 1.52. The molecule has 0 saturated carbocycles. The number of unbranched alkanes of at least 4 members (excludes halogenated alkanes) is 9. The Kier molecular flexibility index (Phi) is 10.1. The van der Waals surface area contributed by atoms with Gasteiger partial charge >= 0.3 is 0 Å². The normalized spacial score (nSPS) is 11.6. The summed E-state index contributed by atoms with van der Waals surface area (Å²) in [6.45, 7) is 2.29. The zero-order chi connectivity index (χ0) is 17.6. The van der Waals surface area contributed by atoms with Crippen LogP contribution in [-0.2, 0) is 6.42 Å². The molecule has 0 nitrogen and oxygen atoms in total. The molecule has 0 N–H and O–H groups in total. The number of allylic oxidation sites excluding steroid dienone is 2. The van der Waals surface area contributed by atoms with E-state index in [0.29, 0.717) is 0 Å². The van der Waals surface area contributed by atoms with Gasteiger partial charge in [-0.1, -0.05) is 106 Å². The molecule has 0 saturated heterocycles. The smallest absolute Gasteiger partial charge is 0.0152 e. The molecule has 0 amide bonds. The zero-order valence-electron chi connectivity index (χ0n) is 16.2. The van der Waals surface area contributed by atoms with Crippen LogP contribution in [0.5, 0.6) is 0 Å². The van der Waals surface area contributed by atoms with Gasteiger partial charge in [-0.05, 0) is 48.4 Å². The standard InChI is InChI=1S/C25H36/c1-2-3-4-5-6-7-8-9-10-11-12-13-14-18-23-20-17-21-24-19-15-16-22-25(23)24/h11-12,15-17,19-22H,2-10,13-14,18H2,1H3/b12-11+. The quantitative estimate of drug-likeness (QED) is 0.255. The first-order valence-corrected chi connectivity index (χ1v) is 10.5. The first-order valence-electron chi connectivity index (χ1n) is 10.5. The minimum atomic E-state index is 1.18. The number of aryl methyl sites for hydroxylation is 1. The highest BCUT2D eigenvalue weighted by Crippen LogP contribution is 2.20. The summed E-state index contributed by atoms with van der Waals surface area (Å²) in [7, 11) is 0. The van der Waals surface area contributed by atoms with E-state index in [1.54, 1.807) is 0 Å². The van der Waals surface area contributed by atoms with Crippen molar-refractivity contribution in [2.24, 2.45) is 0 Å². The van der Waals surface area contributed by atoms with Gasteiger partial charge in [-0.25, -0.2) is 0 Å². The lowest BCUT2D eigenvalue weighted by molar-refractivity contribution is 0.577. The lowest BCUT2D eigenvalue weighted by Gasteiger charge is -2.05. The van der Waals surface area contributed by atoms with E-state index in [4.69, 9.17) is 0 Å². The number of fused-ring (bicyclic) bond motifs is 1. The molecule has 0 fully saturated rings. The molecule has 136 valence electrons. The van der Waals surface area contributed by atoms with Gasteiger partial charge in [-0.2, -0.15) is 0 Å². The third-order valence-electron chi connectivity index (χ3n) is 5.09. The molecule has 0 spiro atoms. The highest BCUT2D eigenvalue weighted by Gasteiger charge is 1.99. The molecule has 0 bridgehead atoms. The third-order valence-corrected chi connectivity index (χ3v) is 5.09. The first-order chi connectivity index (χ1) is 12.4. The zero-order valence-corrected chi connectivity index (χ0v) is 16.2. The fourth-order valence-corrected chi connectivity index (χ4v) is 3.55. The molecule has 2 aromatic carbocycles. The molecule has 0 aliphatic carbocycles. The van der Waals surface area contributed by atoms with Gasteiger partial charge in [-0.15, -0.1) is 0 Å². The van der Waals surface area contributed by atoms with Gasteiger partial charge in [0.1, 0.15) is 0 Å². The summed E-state index contributed by atoms with van der Waals surface area (Å²) in [5.41, 5.74) is 1.49. The van der Waals surface area contributed by atoms with Gasteiger partial charge < -0.3 is 0 Å². The molecular formula is C25H36. The van der Waals surface area contributed by atoms with E-state index in [1.807, 2.05) is 0 Å². The maximum Gasteiger partial charge on any atom is -0.0152 e. The lowest BCUT2D eigenvalue weighted by atomic mass is 10.00. The number of rotatable bonds is 13. The van der Waals surface area contributed by atoms with Crippen molar-refractivity contribution in [2.45, 2.75) is 84.0 Å². The lowest BCUT2D eigenvalue weighted by Crippen LogP contribution is -1.87. The topological polar surface area (TPSA) is 0 Å². The van der Waals surface area contributed by atoms with Crippen LogP contribution in [0.15, 0.2) is 54.6 Å². The summed E-state index contributed by atoms with van der Waals surface area (Å²) < 4.78 is 0. The molecule has 0 unspecified atom stereocenters. The molecule has 25 heavy (non-hydrogen) atoms. The van der Waals surface area contributed by atoms with E-state index in [2.05, 4.69) is 61.5 Å². The number of hydrogen-bond donors (Lipinski definition) is 0. The second kappa shape index (κ2) is 12.8. The fraction of sp³-hybridized carbons (Fsp3) is 0.520. The Hall–Kier alpha value is -1.56. The van der Waals surface area contributed by atoms with Crippen molar-refractivity contribution in [3.05, 3.63) is 60.2 Å². The van der Waals surface area contributed by atoms with Gasteiger partial charge in [0.15, 0.2) is 0 Å². The third kappa shape index (κ3) is 7.90. The van der Waals surface area contributed by atoms with E-state index in [9.17, 15) is 0 Å². The van der Waals surface area contributed by atoms with Crippen LogP contribution in [0.4, 0.5) is 0 Å². The summed E-state index contributed by atoms with van der Waals surface area (Å²) in [6.07, 6.45) is 21.0. The maximum atomic E-state index is 2.40. The number of hydrogen-bond acceptors (Lipinski definition) is 0. The Bertz CT molecular complexity index is 603. The van der Waals surface area contributed by atoms with E-state index in [1.165, 1.54) is 93.4 Å². The fourth-order valence-electron chi connectivity index (χ4n) is 3.55. The SMILES string of the molecule is CCCCCCCCCC/C=C/CCCc1cccc2ccccc12. The predicted molar refractivity (Wildman–Crippen MR) is 113 cm³/mol. The van der Waals surface area contributed by atoms with Crippen molar-refractivity contribution in [1.82, 2.24) is 0 Å². The van der Waals surface area contributed by atoms with E-state index < -0.39 is 0 Å². The van der Waals surface area contributed by atoms with Gasteiger partial charge in [0.2, 0.25) is 0 Å². The summed E-state index contributed by atoms with van der Waals surface area (Å²) in [6, 6.07) is 15.4. The van der Waals surface area contributed by atoms with Gasteiger partial charge in [0, 0.05) is 0 Å². The molecular weight excluding hydrogens is 300 g/mol. The molecule has 2 aromatic rings. The van der Waals surface area contributed by atoms with E-state index in [-0.39, 0.29) is 0 Å². The highest BCUT2D eigenvalue weighted by molar-refractivity contribution is 5.85. The second-order valence-corrected chi connectivity index (χ2v) is 7.27. The van der Waals surface area contributed by atoms with E-state index >= 15 is 0 Å². The average molecular weight is 337 g/mol. The van der Waals surface area contributed by atoms with Crippen molar-refractivity contribution < 1.29 is 0 Å². The van der Waals surface area contributed by atoms with Crippen LogP contribution >= 0.6 is 0 Å². The molecule has 0 aliphatic rings. The minimum absolute atomic E-state index is 1.18. The second-order valence-electron chi connectivity index (χ2n) is 7.27. The van der Waals surface area contributed by atoms with Crippen molar-refractivity contribution in [3.8, 4) is 0 Å². The molecule has 0 aliphatic heterocycles. The molecule has 0 heteroatoms. The minimum Gasteiger partial charge on any atom is -0.0885 e. The van der Waals surface area contributed by atoms with Crippen LogP contribution in [-0.4, -0.2) is 0 Å². The van der Waals surface area contributed by atoms with Crippen LogP contribution in [0.2, 0.25) is 0 Å². The van der Waals surface area contributed by atoms with Crippen LogP contribution in [0.3, 0.4) is 0 Å². The van der Waals surface area contributed by atoms with Crippen molar-refractivity contribution in [1.29, 1.82) is 0 Å². The first kappa shape index (κ1) is 19.8. The van der Waals surface area contributed by atoms with Crippen molar-refractivity contribution >= 4 is 10.8 Å². The Morgan fingerprint density at radius 2 is 1.28 bits per heavy atom. The van der Waals surface area contributed by atoms with Crippen LogP contribution in [0, 0.1) is 0 Å². The van der Waals surface area contributed by atoms with Gasteiger partial charge in [0.25, 0.3) is 0 Å². The molecule has 0 radical (unpaired) electrons. The van der Waals surface area contributed by atoms with Crippen LogP contribution in [0.25, 0.3) is 10.8 Å². The molecule has 0 aromatic heterocycles. The summed E-state index contributed by atoms with van der Waals surface area (Å²) >= 11 is 0. The Morgan fingerprint density at radius 1 is 0.640 bits per heavy atom.